The van der Waals surface area contributed by atoms with Gasteiger partial charge in [-0.25, -0.2) is 0 Å². The van der Waals surface area contributed by atoms with Crippen LogP contribution in [0.25, 0.3) is 0 Å². The van der Waals surface area contributed by atoms with Gasteiger partial charge in [-0.1, -0.05) is 49.4 Å². The molecule has 4 heteroatoms. The molecule has 0 saturated heterocycles. The van der Waals surface area contributed by atoms with E-state index in [1.165, 1.54) is 11.1 Å². The lowest BCUT2D eigenvalue weighted by molar-refractivity contribution is -0.132. The predicted octanol–water partition coefficient (Wildman–Crippen LogP) is 3.17. The van der Waals surface area contributed by atoms with E-state index in [2.05, 4.69) is 36.5 Å². The van der Waals surface area contributed by atoms with Gasteiger partial charge in [-0.3, -0.25) is 4.79 Å². The van der Waals surface area contributed by atoms with Crippen molar-refractivity contribution in [3.05, 3.63) is 65.2 Å². The number of carbonyl (C=O) groups excluding carboxylic acids is 1. The Morgan fingerprint density at radius 2 is 1.88 bits per heavy atom. The molecule has 1 N–H and O–H groups in total. The van der Waals surface area contributed by atoms with Gasteiger partial charge in [0.2, 0.25) is 5.91 Å². The van der Waals surface area contributed by atoms with Crippen molar-refractivity contribution in [3.8, 4) is 5.75 Å². The number of hydrogen-bond acceptors (Lipinski definition) is 3. The van der Waals surface area contributed by atoms with Crippen LogP contribution in [0.5, 0.6) is 5.75 Å². The van der Waals surface area contributed by atoms with Crippen LogP contribution in [0.15, 0.2) is 48.5 Å². The third-order valence-electron chi connectivity index (χ3n) is 4.74. The fourth-order valence-corrected chi connectivity index (χ4v) is 3.54. The summed E-state index contributed by atoms with van der Waals surface area (Å²) in [5.41, 5.74) is 3.55. The van der Waals surface area contributed by atoms with Crippen molar-refractivity contribution < 1.29 is 9.53 Å². The molecule has 0 fully saturated rings. The summed E-state index contributed by atoms with van der Waals surface area (Å²) in [6.07, 6.45) is 1.91. The highest BCUT2D eigenvalue weighted by Crippen LogP contribution is 2.39. The maximum absolute atomic E-state index is 12.9. The average molecular weight is 338 g/mol. The summed E-state index contributed by atoms with van der Waals surface area (Å²) in [5, 5.41) is 3.23. The summed E-state index contributed by atoms with van der Waals surface area (Å²) in [4.78, 5) is 14.9. The van der Waals surface area contributed by atoms with E-state index in [4.69, 9.17) is 4.74 Å². The van der Waals surface area contributed by atoms with Crippen LogP contribution in [-0.4, -0.2) is 37.6 Å². The van der Waals surface area contributed by atoms with Gasteiger partial charge < -0.3 is 15.0 Å². The van der Waals surface area contributed by atoms with E-state index in [0.717, 1.165) is 37.2 Å². The normalized spacial score (nSPS) is 16.4. The van der Waals surface area contributed by atoms with Crippen molar-refractivity contribution in [3.63, 3.8) is 0 Å². The molecule has 132 valence electrons. The van der Waals surface area contributed by atoms with Crippen molar-refractivity contribution in [1.82, 2.24) is 10.2 Å². The highest BCUT2D eigenvalue weighted by Gasteiger charge is 2.33. The minimum absolute atomic E-state index is 0.1000. The minimum Gasteiger partial charge on any atom is -0.496 e. The maximum Gasteiger partial charge on any atom is 0.237 e. The molecule has 0 radical (unpaired) electrons. The Morgan fingerprint density at radius 1 is 1.16 bits per heavy atom. The standard InChI is InChI=1S/C21H26N2O2/c1-3-13-22-15-20(24)23-14-12-16-8-4-5-9-17(16)21(23)18-10-6-7-11-19(18)25-2/h4-11,21-22H,3,12-15H2,1-2H3/t21-/m1/s1. The number of rotatable bonds is 6. The molecule has 0 saturated carbocycles. The smallest absolute Gasteiger partial charge is 0.237 e. The number of fused-ring (bicyclic) bond motifs is 1. The highest BCUT2D eigenvalue weighted by atomic mass is 16.5. The predicted molar refractivity (Wildman–Crippen MR) is 99.9 cm³/mol. The zero-order valence-electron chi connectivity index (χ0n) is 15.0. The van der Waals surface area contributed by atoms with Crippen LogP contribution in [0, 0.1) is 0 Å². The number of methoxy groups -OCH3 is 1. The number of ether oxygens (including phenoxy) is 1. The van der Waals surface area contributed by atoms with Crippen LogP contribution in [-0.2, 0) is 11.2 Å². The first-order valence-corrected chi connectivity index (χ1v) is 8.97. The Labute approximate surface area is 149 Å². The van der Waals surface area contributed by atoms with Gasteiger partial charge in [-0.15, -0.1) is 0 Å². The number of nitrogens with one attached hydrogen (secondary N) is 1. The zero-order chi connectivity index (χ0) is 17.6. The van der Waals surface area contributed by atoms with E-state index >= 15 is 0 Å². The molecule has 1 atom stereocenters. The van der Waals surface area contributed by atoms with Crippen molar-refractivity contribution >= 4 is 5.91 Å². The lowest BCUT2D eigenvalue weighted by Gasteiger charge is -2.38. The number of nitrogens with zero attached hydrogens (tertiary/aromatic N) is 1. The first-order chi connectivity index (χ1) is 12.3. The van der Waals surface area contributed by atoms with Crippen molar-refractivity contribution in [2.24, 2.45) is 0 Å². The molecule has 0 aliphatic carbocycles. The van der Waals surface area contributed by atoms with Gasteiger partial charge in [0, 0.05) is 12.1 Å². The van der Waals surface area contributed by atoms with Gasteiger partial charge in [-0.2, -0.15) is 0 Å². The van der Waals surface area contributed by atoms with Gasteiger partial charge in [0.1, 0.15) is 5.75 Å². The molecule has 0 bridgehead atoms. The van der Waals surface area contributed by atoms with Gasteiger partial charge in [0.05, 0.1) is 19.7 Å². The minimum atomic E-state index is -0.1000. The van der Waals surface area contributed by atoms with E-state index in [-0.39, 0.29) is 11.9 Å². The number of carbonyl (C=O) groups is 1. The monoisotopic (exact) mass is 338 g/mol. The summed E-state index contributed by atoms with van der Waals surface area (Å²) >= 11 is 0. The Bertz CT molecular complexity index is 729. The topological polar surface area (TPSA) is 41.6 Å². The Kier molecular flexibility index (Phi) is 5.71. The van der Waals surface area contributed by atoms with Crippen LogP contribution in [0.3, 0.4) is 0 Å². The van der Waals surface area contributed by atoms with E-state index < -0.39 is 0 Å². The highest BCUT2D eigenvalue weighted by molar-refractivity contribution is 5.80. The Balaban J connectivity index is 1.99. The fraction of sp³-hybridized carbons (Fsp3) is 0.381. The quantitative estimate of drug-likeness (QED) is 0.823. The van der Waals surface area contributed by atoms with E-state index in [1.807, 2.05) is 29.2 Å². The summed E-state index contributed by atoms with van der Waals surface area (Å²) in [5.74, 6) is 0.961. The molecule has 0 unspecified atom stereocenters. The lowest BCUT2D eigenvalue weighted by Crippen LogP contribution is -2.44. The third-order valence-corrected chi connectivity index (χ3v) is 4.74. The molecule has 1 heterocycles. The number of benzene rings is 2. The summed E-state index contributed by atoms with van der Waals surface area (Å²) in [7, 11) is 1.68. The molecule has 1 aliphatic heterocycles. The molecule has 2 aromatic rings. The molecular formula is C21H26N2O2. The van der Waals surface area contributed by atoms with Crippen LogP contribution < -0.4 is 10.1 Å². The van der Waals surface area contributed by atoms with Gasteiger partial charge >= 0.3 is 0 Å². The lowest BCUT2D eigenvalue weighted by atomic mass is 9.87. The molecule has 1 amide bonds. The van der Waals surface area contributed by atoms with Gasteiger partial charge in [0.25, 0.3) is 0 Å². The second-order valence-electron chi connectivity index (χ2n) is 6.36. The molecule has 4 nitrogen and oxygen atoms in total. The van der Waals surface area contributed by atoms with Crippen LogP contribution in [0.1, 0.15) is 36.1 Å². The Morgan fingerprint density at radius 3 is 2.64 bits per heavy atom. The molecular weight excluding hydrogens is 312 g/mol. The molecule has 0 spiro atoms. The summed E-state index contributed by atoms with van der Waals surface area (Å²) < 4.78 is 5.59. The second kappa shape index (κ2) is 8.17. The molecule has 1 aliphatic rings. The number of hydrogen-bond donors (Lipinski definition) is 1. The zero-order valence-corrected chi connectivity index (χ0v) is 15.0. The van der Waals surface area contributed by atoms with Crippen LogP contribution in [0.2, 0.25) is 0 Å². The van der Waals surface area contributed by atoms with Gasteiger partial charge in [0.15, 0.2) is 0 Å². The van der Waals surface area contributed by atoms with Gasteiger partial charge in [-0.05, 0) is 36.6 Å². The average Bonchev–Trinajstić information content (AvgIpc) is 2.67. The Hall–Kier alpha value is -2.33. The molecule has 0 aromatic heterocycles. The summed E-state index contributed by atoms with van der Waals surface area (Å²) in [6, 6.07) is 16.3. The van der Waals surface area contributed by atoms with Crippen molar-refractivity contribution in [2.45, 2.75) is 25.8 Å². The van der Waals surface area contributed by atoms with Crippen LogP contribution >= 0.6 is 0 Å². The molecule has 3 rings (SSSR count). The maximum atomic E-state index is 12.9. The number of para-hydroxylation sites is 1. The SMILES string of the molecule is CCCNCC(=O)N1CCc2ccccc2[C@@H]1c1ccccc1OC. The molecule has 2 aromatic carbocycles. The number of amides is 1. The first kappa shape index (κ1) is 17.5. The van der Waals surface area contributed by atoms with Crippen molar-refractivity contribution in [2.75, 3.05) is 26.7 Å². The molecule has 25 heavy (non-hydrogen) atoms. The van der Waals surface area contributed by atoms with Crippen LogP contribution in [0.4, 0.5) is 0 Å². The third kappa shape index (κ3) is 3.69. The van der Waals surface area contributed by atoms with E-state index in [0.29, 0.717) is 6.54 Å². The van der Waals surface area contributed by atoms with E-state index in [1.54, 1.807) is 7.11 Å². The largest absolute Gasteiger partial charge is 0.496 e. The fourth-order valence-electron chi connectivity index (χ4n) is 3.54. The van der Waals surface area contributed by atoms with E-state index in [9.17, 15) is 4.79 Å². The van der Waals surface area contributed by atoms with Crippen molar-refractivity contribution in [1.29, 1.82) is 0 Å². The second-order valence-corrected chi connectivity index (χ2v) is 6.36. The summed E-state index contributed by atoms with van der Waals surface area (Å²) in [6.45, 7) is 4.07. The first-order valence-electron chi connectivity index (χ1n) is 8.97.